The van der Waals surface area contributed by atoms with Crippen LogP contribution in [0.2, 0.25) is 0 Å². The van der Waals surface area contributed by atoms with Crippen LogP contribution in [0.25, 0.3) is 0 Å². The third-order valence-electron chi connectivity index (χ3n) is 3.87. The van der Waals surface area contributed by atoms with Crippen LogP contribution in [0.5, 0.6) is 0 Å². The molecule has 2 aromatic rings. The van der Waals surface area contributed by atoms with Crippen molar-refractivity contribution >= 4 is 10.0 Å². The number of hydrogen-bond acceptors (Lipinski definition) is 5. The van der Waals surface area contributed by atoms with Crippen molar-refractivity contribution < 1.29 is 12.8 Å². The van der Waals surface area contributed by atoms with Crippen molar-refractivity contribution in [2.45, 2.75) is 26.1 Å². The number of hydrogen-bond donors (Lipinski definition) is 1. The van der Waals surface area contributed by atoms with Gasteiger partial charge in [-0.1, -0.05) is 0 Å². The molecule has 0 saturated heterocycles. The Morgan fingerprint density at radius 2 is 2.27 bits per heavy atom. The Bertz CT molecular complexity index is 749. The number of sulfonamides is 1. The lowest BCUT2D eigenvalue weighted by Crippen LogP contribution is -2.31. The SMILES string of the molecule is Cn1nc(CNS(C)(=O)=O)c2c1CN(Cc1ccco1)CC2. The molecule has 0 saturated carbocycles. The summed E-state index contributed by atoms with van der Waals surface area (Å²) >= 11 is 0. The highest BCUT2D eigenvalue weighted by atomic mass is 32.2. The molecule has 2 aromatic heterocycles. The van der Waals surface area contributed by atoms with E-state index < -0.39 is 10.0 Å². The standard InChI is InChI=1S/C14H20N4O3S/c1-17-14-10-18(9-11-4-3-7-21-11)6-5-12(14)13(16-17)8-15-22(2,19)20/h3-4,7,15H,5-6,8-10H2,1-2H3. The fraction of sp³-hybridized carbons (Fsp3) is 0.500. The molecule has 0 bridgehead atoms. The summed E-state index contributed by atoms with van der Waals surface area (Å²) in [7, 11) is -1.30. The summed E-state index contributed by atoms with van der Waals surface area (Å²) in [6.45, 7) is 2.72. The first-order valence-electron chi connectivity index (χ1n) is 7.15. The van der Waals surface area contributed by atoms with Gasteiger partial charge in [-0.15, -0.1) is 0 Å². The summed E-state index contributed by atoms with van der Waals surface area (Å²) in [6.07, 6.45) is 3.71. The monoisotopic (exact) mass is 324 g/mol. The van der Waals surface area contributed by atoms with Crippen LogP contribution < -0.4 is 4.72 Å². The predicted octanol–water partition coefficient (Wildman–Crippen LogP) is 0.621. The first-order chi connectivity index (χ1) is 10.4. The molecule has 22 heavy (non-hydrogen) atoms. The number of nitrogens with zero attached hydrogens (tertiary/aromatic N) is 3. The average Bonchev–Trinajstić information content (AvgIpc) is 3.05. The molecule has 3 rings (SSSR count). The molecular weight excluding hydrogens is 304 g/mol. The van der Waals surface area contributed by atoms with E-state index in [2.05, 4.69) is 14.7 Å². The first-order valence-corrected chi connectivity index (χ1v) is 9.04. The van der Waals surface area contributed by atoms with Crippen molar-refractivity contribution in [2.75, 3.05) is 12.8 Å². The van der Waals surface area contributed by atoms with Gasteiger partial charge in [-0.3, -0.25) is 9.58 Å². The van der Waals surface area contributed by atoms with Crippen molar-refractivity contribution in [3.8, 4) is 0 Å². The van der Waals surface area contributed by atoms with Gasteiger partial charge in [0.1, 0.15) is 5.76 Å². The molecule has 0 atom stereocenters. The molecule has 7 nitrogen and oxygen atoms in total. The lowest BCUT2D eigenvalue weighted by atomic mass is 10.0. The molecule has 1 aliphatic heterocycles. The molecule has 0 aliphatic carbocycles. The maximum Gasteiger partial charge on any atom is 0.209 e. The van der Waals surface area contributed by atoms with Gasteiger partial charge < -0.3 is 4.42 Å². The Labute approximate surface area is 130 Å². The molecule has 0 radical (unpaired) electrons. The fourth-order valence-corrected chi connectivity index (χ4v) is 3.21. The smallest absolute Gasteiger partial charge is 0.209 e. The van der Waals surface area contributed by atoms with E-state index in [1.807, 2.05) is 23.9 Å². The van der Waals surface area contributed by atoms with E-state index in [1.165, 1.54) is 0 Å². The van der Waals surface area contributed by atoms with Gasteiger partial charge in [0.15, 0.2) is 0 Å². The maximum atomic E-state index is 11.2. The molecule has 0 amide bonds. The highest BCUT2D eigenvalue weighted by molar-refractivity contribution is 7.88. The topological polar surface area (TPSA) is 80.4 Å². The van der Waals surface area contributed by atoms with Gasteiger partial charge in [0.2, 0.25) is 10.0 Å². The fourth-order valence-electron chi connectivity index (χ4n) is 2.81. The highest BCUT2D eigenvalue weighted by Gasteiger charge is 2.24. The third kappa shape index (κ3) is 3.40. The van der Waals surface area contributed by atoms with E-state index in [-0.39, 0.29) is 6.54 Å². The molecule has 8 heteroatoms. The molecule has 0 unspecified atom stereocenters. The molecular formula is C14H20N4O3S. The number of rotatable bonds is 5. The van der Waals surface area contributed by atoms with E-state index in [9.17, 15) is 8.42 Å². The quantitative estimate of drug-likeness (QED) is 0.872. The largest absolute Gasteiger partial charge is 0.468 e. The van der Waals surface area contributed by atoms with Gasteiger partial charge in [-0.25, -0.2) is 13.1 Å². The van der Waals surface area contributed by atoms with Gasteiger partial charge in [0, 0.05) is 25.7 Å². The van der Waals surface area contributed by atoms with Gasteiger partial charge in [-0.2, -0.15) is 5.10 Å². The van der Waals surface area contributed by atoms with E-state index >= 15 is 0 Å². The van der Waals surface area contributed by atoms with Crippen molar-refractivity contribution in [3.05, 3.63) is 41.1 Å². The predicted molar refractivity (Wildman–Crippen MR) is 81.4 cm³/mol. The molecule has 1 aliphatic rings. The summed E-state index contributed by atoms with van der Waals surface area (Å²) in [5.74, 6) is 0.949. The van der Waals surface area contributed by atoms with Crippen LogP contribution in [0, 0.1) is 0 Å². The highest BCUT2D eigenvalue weighted by Crippen LogP contribution is 2.23. The number of aryl methyl sites for hydroxylation is 1. The summed E-state index contributed by atoms with van der Waals surface area (Å²) in [5.41, 5.74) is 3.12. The van der Waals surface area contributed by atoms with Crippen molar-refractivity contribution in [2.24, 2.45) is 7.05 Å². The van der Waals surface area contributed by atoms with Crippen LogP contribution in [0.15, 0.2) is 22.8 Å². The van der Waals surface area contributed by atoms with Gasteiger partial charge in [-0.05, 0) is 18.6 Å². The molecule has 1 N–H and O–H groups in total. The number of furan rings is 1. The van der Waals surface area contributed by atoms with Crippen molar-refractivity contribution in [1.29, 1.82) is 0 Å². The summed E-state index contributed by atoms with van der Waals surface area (Å²) in [6, 6.07) is 3.87. The second kappa shape index (κ2) is 5.86. The Kier molecular flexibility index (Phi) is 4.07. The van der Waals surface area contributed by atoms with E-state index in [1.54, 1.807) is 6.26 Å². The summed E-state index contributed by atoms with van der Waals surface area (Å²) < 4.78 is 32.3. The van der Waals surface area contributed by atoms with E-state index in [4.69, 9.17) is 4.42 Å². The minimum absolute atomic E-state index is 0.250. The number of fused-ring (bicyclic) bond motifs is 1. The lowest BCUT2D eigenvalue weighted by Gasteiger charge is -2.26. The van der Waals surface area contributed by atoms with Gasteiger partial charge in [0.05, 0.1) is 37.0 Å². The summed E-state index contributed by atoms with van der Waals surface area (Å²) in [4.78, 5) is 2.30. The second-order valence-electron chi connectivity index (χ2n) is 5.63. The summed E-state index contributed by atoms with van der Waals surface area (Å²) in [5, 5.41) is 4.47. The van der Waals surface area contributed by atoms with Gasteiger partial charge >= 0.3 is 0 Å². The van der Waals surface area contributed by atoms with Crippen molar-refractivity contribution in [1.82, 2.24) is 19.4 Å². The van der Waals surface area contributed by atoms with Crippen LogP contribution >= 0.6 is 0 Å². The van der Waals surface area contributed by atoms with Crippen LogP contribution in [-0.4, -0.2) is 35.9 Å². The first kappa shape index (κ1) is 15.3. The Morgan fingerprint density at radius 1 is 1.45 bits per heavy atom. The zero-order valence-electron chi connectivity index (χ0n) is 12.7. The van der Waals surface area contributed by atoms with Crippen LogP contribution in [0.1, 0.15) is 22.7 Å². The third-order valence-corrected chi connectivity index (χ3v) is 4.54. The Balaban J connectivity index is 1.73. The Morgan fingerprint density at radius 3 is 2.95 bits per heavy atom. The molecule has 0 spiro atoms. The zero-order chi connectivity index (χ0) is 15.7. The van der Waals surface area contributed by atoms with E-state index in [0.717, 1.165) is 55.0 Å². The van der Waals surface area contributed by atoms with Crippen molar-refractivity contribution in [3.63, 3.8) is 0 Å². The van der Waals surface area contributed by atoms with Crippen LogP contribution in [-0.2, 0) is 43.1 Å². The maximum absolute atomic E-state index is 11.2. The molecule has 120 valence electrons. The second-order valence-corrected chi connectivity index (χ2v) is 7.46. The molecule has 3 heterocycles. The molecule has 0 fully saturated rings. The number of nitrogens with one attached hydrogen (secondary N) is 1. The average molecular weight is 324 g/mol. The lowest BCUT2D eigenvalue weighted by molar-refractivity contribution is 0.219. The normalized spacial score (nSPS) is 15.9. The van der Waals surface area contributed by atoms with E-state index in [0.29, 0.717) is 0 Å². The zero-order valence-corrected chi connectivity index (χ0v) is 13.6. The van der Waals surface area contributed by atoms with Crippen LogP contribution in [0.4, 0.5) is 0 Å². The van der Waals surface area contributed by atoms with Crippen LogP contribution in [0.3, 0.4) is 0 Å². The number of aromatic nitrogens is 2. The molecule has 0 aromatic carbocycles. The Hall–Kier alpha value is -1.64. The minimum Gasteiger partial charge on any atom is -0.468 e. The minimum atomic E-state index is -3.21. The van der Waals surface area contributed by atoms with Gasteiger partial charge in [0.25, 0.3) is 0 Å².